The van der Waals surface area contributed by atoms with Crippen LogP contribution in [0.15, 0.2) is 54.2 Å². The Morgan fingerprint density at radius 1 is 1.17 bits per heavy atom. The molecule has 3 aliphatic rings. The van der Waals surface area contributed by atoms with Crippen molar-refractivity contribution < 1.29 is 28.2 Å². The number of nitrogens with zero attached hydrogens (tertiary/aromatic N) is 1. The molecule has 2 fully saturated rings. The molecule has 2 aliphatic carbocycles. The van der Waals surface area contributed by atoms with Crippen molar-refractivity contribution in [1.29, 1.82) is 0 Å². The molecule has 2 aromatic rings. The summed E-state index contributed by atoms with van der Waals surface area (Å²) < 4.78 is 33.7. The maximum atomic E-state index is 13.9. The molecule has 190 valence electrons. The Morgan fingerprint density at radius 3 is 2.44 bits per heavy atom. The molecule has 2 saturated carbocycles. The Kier molecular flexibility index (Phi) is 6.31. The highest BCUT2D eigenvalue weighted by Crippen LogP contribution is 2.54. The summed E-state index contributed by atoms with van der Waals surface area (Å²) in [4.78, 5) is 26.0. The van der Waals surface area contributed by atoms with Crippen LogP contribution in [0.1, 0.15) is 61.4 Å². The minimum Gasteiger partial charge on any atom is -0.492 e. The van der Waals surface area contributed by atoms with E-state index in [1.807, 2.05) is 13.0 Å². The lowest BCUT2D eigenvalue weighted by molar-refractivity contribution is -0.120. The van der Waals surface area contributed by atoms with Gasteiger partial charge in [-0.2, -0.15) is 0 Å². The highest BCUT2D eigenvalue weighted by molar-refractivity contribution is 6.32. The predicted molar refractivity (Wildman–Crippen MR) is 133 cm³/mol. The fraction of sp³-hybridized carbons (Fsp3) is 0.429. The molecular weight excluding hydrogens is 488 g/mol. The summed E-state index contributed by atoms with van der Waals surface area (Å²) in [5.41, 5.74) is 1.30. The predicted octanol–water partition coefficient (Wildman–Crippen LogP) is 6.84. The van der Waals surface area contributed by atoms with Gasteiger partial charge in [0.05, 0.1) is 17.2 Å². The molecule has 0 bridgehead atoms. The molecule has 1 heterocycles. The number of anilines is 1. The van der Waals surface area contributed by atoms with Crippen molar-refractivity contribution in [1.82, 2.24) is 0 Å². The minimum atomic E-state index is -2.72. The van der Waals surface area contributed by atoms with Gasteiger partial charge in [0.2, 0.25) is 11.8 Å². The second kappa shape index (κ2) is 9.18. The number of halogens is 3. The standard InChI is InChI=1S/C28H28ClF2NO4/c1-27(20-6-9-24(23(29)12-20)36-11-10-17-2-3-17)15-25(33)32(16-22(27)19-13-28(30,31)14-19)21-7-4-18(5-8-21)26(34)35/h4-9,12,16-17,19H,2-3,10-11,13-15H2,1H3,(H,34,35)/t27-/m0/s1. The summed E-state index contributed by atoms with van der Waals surface area (Å²) in [6.07, 6.45) is 4.68. The molecule has 0 spiro atoms. The molecule has 1 atom stereocenters. The maximum absolute atomic E-state index is 13.9. The summed E-state index contributed by atoms with van der Waals surface area (Å²) in [5.74, 6) is -3.06. The zero-order chi connectivity index (χ0) is 25.7. The fourth-order valence-electron chi connectivity index (χ4n) is 5.24. The van der Waals surface area contributed by atoms with E-state index in [4.69, 9.17) is 21.4 Å². The molecule has 0 aromatic heterocycles. The van der Waals surface area contributed by atoms with Crippen molar-refractivity contribution in [2.75, 3.05) is 11.5 Å². The van der Waals surface area contributed by atoms with Crippen molar-refractivity contribution in [3.8, 4) is 5.75 Å². The lowest BCUT2D eigenvalue weighted by atomic mass is 9.62. The molecule has 8 heteroatoms. The van der Waals surface area contributed by atoms with Gasteiger partial charge in [-0.05, 0) is 65.8 Å². The first-order chi connectivity index (χ1) is 17.1. The van der Waals surface area contributed by atoms with Crippen molar-refractivity contribution in [2.24, 2.45) is 11.8 Å². The molecule has 5 rings (SSSR count). The summed E-state index contributed by atoms with van der Waals surface area (Å²) >= 11 is 6.56. The number of benzene rings is 2. The number of ether oxygens (including phenoxy) is 1. The van der Waals surface area contributed by atoms with E-state index in [1.54, 1.807) is 30.5 Å². The van der Waals surface area contributed by atoms with Gasteiger partial charge in [0.25, 0.3) is 0 Å². The van der Waals surface area contributed by atoms with Gasteiger partial charge in [0.1, 0.15) is 5.75 Å². The number of hydrogen-bond donors (Lipinski definition) is 1. The van der Waals surface area contributed by atoms with E-state index < -0.39 is 17.3 Å². The van der Waals surface area contributed by atoms with Gasteiger partial charge in [0, 0.05) is 36.6 Å². The maximum Gasteiger partial charge on any atom is 0.335 e. The lowest BCUT2D eigenvalue weighted by Gasteiger charge is -2.47. The number of carboxylic acids is 1. The molecule has 0 unspecified atom stereocenters. The van der Waals surface area contributed by atoms with E-state index in [1.165, 1.54) is 29.9 Å². The summed E-state index contributed by atoms with van der Waals surface area (Å²) in [5, 5.41) is 9.60. The van der Waals surface area contributed by atoms with Crippen LogP contribution in [-0.4, -0.2) is 29.5 Å². The van der Waals surface area contributed by atoms with E-state index in [0.717, 1.165) is 23.5 Å². The first-order valence-corrected chi connectivity index (χ1v) is 12.6. The molecular formula is C28H28ClF2NO4. The van der Waals surface area contributed by atoms with Crippen LogP contribution in [0.2, 0.25) is 5.02 Å². The molecule has 5 nitrogen and oxygen atoms in total. The second-order valence-electron chi connectivity index (χ2n) is 10.4. The Labute approximate surface area is 213 Å². The Hall–Kier alpha value is -2.93. The van der Waals surface area contributed by atoms with Gasteiger partial charge < -0.3 is 9.84 Å². The van der Waals surface area contributed by atoms with Crippen LogP contribution in [0.4, 0.5) is 14.5 Å². The van der Waals surface area contributed by atoms with Crippen LogP contribution >= 0.6 is 11.6 Å². The third-order valence-electron chi connectivity index (χ3n) is 7.65. The van der Waals surface area contributed by atoms with Crippen molar-refractivity contribution in [3.63, 3.8) is 0 Å². The summed E-state index contributed by atoms with van der Waals surface area (Å²) in [6.45, 7) is 2.49. The van der Waals surface area contributed by atoms with Crippen LogP contribution in [-0.2, 0) is 10.2 Å². The van der Waals surface area contributed by atoms with E-state index in [-0.39, 0.29) is 36.7 Å². The Balaban J connectivity index is 1.46. The normalized spacial score (nSPS) is 23.7. The molecule has 36 heavy (non-hydrogen) atoms. The number of carbonyl (C=O) groups is 2. The number of alkyl halides is 2. The third kappa shape index (κ3) is 4.85. The summed E-state index contributed by atoms with van der Waals surface area (Å²) in [6, 6.07) is 11.4. The van der Waals surface area contributed by atoms with Gasteiger partial charge >= 0.3 is 5.97 Å². The van der Waals surface area contributed by atoms with E-state index in [9.17, 15) is 18.4 Å². The first kappa shape index (κ1) is 24.8. The minimum absolute atomic E-state index is 0.0692. The third-order valence-corrected chi connectivity index (χ3v) is 7.95. The smallest absolute Gasteiger partial charge is 0.335 e. The molecule has 2 aromatic carbocycles. The van der Waals surface area contributed by atoms with Gasteiger partial charge in [0.15, 0.2) is 0 Å². The molecule has 0 radical (unpaired) electrons. The van der Waals surface area contributed by atoms with Crippen molar-refractivity contribution >= 4 is 29.2 Å². The van der Waals surface area contributed by atoms with Gasteiger partial charge in [-0.25, -0.2) is 13.6 Å². The quantitative estimate of drug-likeness (QED) is 0.418. The highest BCUT2D eigenvalue weighted by Gasteiger charge is 2.52. The van der Waals surface area contributed by atoms with Crippen LogP contribution < -0.4 is 9.64 Å². The number of carbonyl (C=O) groups excluding carboxylic acids is 1. The average molecular weight is 516 g/mol. The first-order valence-electron chi connectivity index (χ1n) is 12.2. The molecule has 1 amide bonds. The zero-order valence-corrected chi connectivity index (χ0v) is 20.7. The topological polar surface area (TPSA) is 66.8 Å². The lowest BCUT2D eigenvalue weighted by Crippen LogP contribution is -2.47. The van der Waals surface area contributed by atoms with Crippen molar-refractivity contribution in [3.05, 3.63) is 70.4 Å². The number of carboxylic acid groups (broad SMARTS) is 1. The van der Waals surface area contributed by atoms with Gasteiger partial charge in [-0.1, -0.05) is 37.4 Å². The number of allylic oxidation sites excluding steroid dienone is 1. The van der Waals surface area contributed by atoms with E-state index in [0.29, 0.717) is 23.1 Å². The van der Waals surface area contributed by atoms with Crippen LogP contribution in [0.25, 0.3) is 0 Å². The highest BCUT2D eigenvalue weighted by atomic mass is 35.5. The molecule has 0 saturated heterocycles. The number of rotatable bonds is 8. The van der Waals surface area contributed by atoms with Crippen LogP contribution in [0.3, 0.4) is 0 Å². The SMILES string of the molecule is C[C@@]1(c2ccc(OCCC3CC3)c(Cl)c2)CC(=O)N(c2ccc(C(=O)O)cc2)C=C1C1CC(F)(F)C1. The average Bonchev–Trinajstić information content (AvgIpc) is 3.63. The number of hydrogen-bond acceptors (Lipinski definition) is 3. The monoisotopic (exact) mass is 515 g/mol. The zero-order valence-electron chi connectivity index (χ0n) is 20.0. The Morgan fingerprint density at radius 2 is 1.86 bits per heavy atom. The van der Waals surface area contributed by atoms with Crippen LogP contribution in [0, 0.1) is 11.8 Å². The number of amides is 1. The van der Waals surface area contributed by atoms with Gasteiger partial charge in [-0.15, -0.1) is 0 Å². The molecule has 1 N–H and O–H groups in total. The van der Waals surface area contributed by atoms with Crippen LogP contribution in [0.5, 0.6) is 5.75 Å². The molecule has 1 aliphatic heterocycles. The Bertz CT molecular complexity index is 1220. The van der Waals surface area contributed by atoms with E-state index in [2.05, 4.69) is 0 Å². The largest absolute Gasteiger partial charge is 0.492 e. The summed E-state index contributed by atoms with van der Waals surface area (Å²) in [7, 11) is 0. The van der Waals surface area contributed by atoms with Gasteiger partial charge in [-0.3, -0.25) is 9.69 Å². The number of aromatic carboxylic acids is 1. The van der Waals surface area contributed by atoms with Crippen molar-refractivity contribution in [2.45, 2.75) is 56.8 Å². The van der Waals surface area contributed by atoms with E-state index >= 15 is 0 Å². The fourth-order valence-corrected chi connectivity index (χ4v) is 5.47. The second-order valence-corrected chi connectivity index (χ2v) is 10.8.